The molecule has 1 atom stereocenters. The summed E-state index contributed by atoms with van der Waals surface area (Å²) >= 11 is 0. The first-order valence-electron chi connectivity index (χ1n) is 5.64. The smallest absolute Gasteiger partial charge is 0.221 e. The summed E-state index contributed by atoms with van der Waals surface area (Å²) in [6.07, 6.45) is -2.05. The Morgan fingerprint density at radius 3 is 2.29 bits per heavy atom. The molecular weight excluding hydrogens is 219 g/mol. The summed E-state index contributed by atoms with van der Waals surface area (Å²) in [7, 11) is 0. The van der Waals surface area contributed by atoms with Crippen LogP contribution in [0.2, 0.25) is 0 Å². The zero-order valence-corrected chi connectivity index (χ0v) is 10.6. The molecular formula is C14H17FO2. The van der Waals surface area contributed by atoms with E-state index in [1.54, 1.807) is 32.9 Å². The normalized spacial score (nSPS) is 12.6. The van der Waals surface area contributed by atoms with Crippen LogP contribution in [-0.2, 0) is 4.79 Å². The molecule has 0 aromatic heterocycles. The zero-order chi connectivity index (χ0) is 13.2. The predicted molar refractivity (Wildman–Crippen MR) is 65.0 cm³/mol. The molecule has 2 nitrogen and oxygen atoms in total. The van der Waals surface area contributed by atoms with Gasteiger partial charge in [-0.1, -0.05) is 31.5 Å². The van der Waals surface area contributed by atoms with Crippen molar-refractivity contribution in [2.24, 2.45) is 5.92 Å². The van der Waals surface area contributed by atoms with Crippen molar-refractivity contribution >= 4 is 11.6 Å². The molecule has 0 saturated heterocycles. The van der Waals surface area contributed by atoms with Crippen molar-refractivity contribution in [3.05, 3.63) is 34.9 Å². The van der Waals surface area contributed by atoms with Gasteiger partial charge in [0.1, 0.15) is 0 Å². The lowest BCUT2D eigenvalue weighted by Crippen LogP contribution is -2.29. The van der Waals surface area contributed by atoms with Gasteiger partial charge >= 0.3 is 0 Å². The molecule has 0 aliphatic rings. The average molecular weight is 236 g/mol. The number of carbonyl (C=O) groups is 2. The Morgan fingerprint density at radius 2 is 1.76 bits per heavy atom. The van der Waals surface area contributed by atoms with E-state index in [2.05, 4.69) is 0 Å². The summed E-state index contributed by atoms with van der Waals surface area (Å²) in [5.41, 5.74) is 1.87. The first-order valence-corrected chi connectivity index (χ1v) is 5.64. The highest BCUT2D eigenvalue weighted by molar-refractivity contribution is 6.14. The number of halogens is 1. The van der Waals surface area contributed by atoms with Crippen LogP contribution in [0.25, 0.3) is 0 Å². The molecule has 1 aromatic carbocycles. The maximum absolute atomic E-state index is 13.7. The Balaban J connectivity index is 3.04. The van der Waals surface area contributed by atoms with E-state index in [-0.39, 0.29) is 0 Å². The van der Waals surface area contributed by atoms with Crippen molar-refractivity contribution in [2.45, 2.75) is 33.9 Å². The van der Waals surface area contributed by atoms with E-state index in [0.717, 1.165) is 5.56 Å². The van der Waals surface area contributed by atoms with Crippen molar-refractivity contribution in [1.82, 2.24) is 0 Å². The number of carbonyl (C=O) groups excluding carboxylic acids is 2. The third-order valence-corrected chi connectivity index (χ3v) is 2.71. The Bertz CT molecular complexity index is 450. The highest BCUT2D eigenvalue weighted by Gasteiger charge is 2.29. The molecule has 0 N–H and O–H groups in total. The van der Waals surface area contributed by atoms with Crippen LogP contribution in [0.15, 0.2) is 18.2 Å². The lowest BCUT2D eigenvalue weighted by molar-refractivity contribution is -0.125. The maximum Gasteiger partial charge on any atom is 0.221 e. The summed E-state index contributed by atoms with van der Waals surface area (Å²) < 4.78 is 13.7. The molecule has 0 amide bonds. The Morgan fingerprint density at radius 1 is 1.18 bits per heavy atom. The van der Waals surface area contributed by atoms with E-state index in [9.17, 15) is 14.0 Å². The highest BCUT2D eigenvalue weighted by Crippen LogP contribution is 2.16. The van der Waals surface area contributed by atoms with Gasteiger partial charge in [-0.3, -0.25) is 9.59 Å². The van der Waals surface area contributed by atoms with Crippen molar-refractivity contribution in [1.29, 1.82) is 0 Å². The van der Waals surface area contributed by atoms with Crippen molar-refractivity contribution in [3.63, 3.8) is 0 Å². The standard InChI is InChI=1S/C14H17FO2/c1-8(2)13(16)12(15)14(17)11-7-9(3)5-6-10(11)4/h5-8,12H,1-4H3. The van der Waals surface area contributed by atoms with Gasteiger partial charge in [-0.15, -0.1) is 0 Å². The van der Waals surface area contributed by atoms with Crippen LogP contribution in [0.3, 0.4) is 0 Å². The van der Waals surface area contributed by atoms with Gasteiger partial charge in [0.25, 0.3) is 0 Å². The number of aryl methyl sites for hydroxylation is 2. The molecule has 3 heteroatoms. The molecule has 0 heterocycles. The molecule has 0 saturated carbocycles. The summed E-state index contributed by atoms with van der Waals surface area (Å²) in [4.78, 5) is 23.3. The van der Waals surface area contributed by atoms with E-state index < -0.39 is 23.7 Å². The molecule has 0 aliphatic heterocycles. The molecule has 0 aliphatic carbocycles. The summed E-state index contributed by atoms with van der Waals surface area (Å²) in [6, 6.07) is 5.23. The fraction of sp³-hybridized carbons (Fsp3) is 0.429. The highest BCUT2D eigenvalue weighted by atomic mass is 19.1. The second-order valence-electron chi connectivity index (χ2n) is 4.60. The third kappa shape index (κ3) is 2.99. The Labute approximate surface area is 101 Å². The van der Waals surface area contributed by atoms with Gasteiger partial charge in [0, 0.05) is 11.5 Å². The van der Waals surface area contributed by atoms with Crippen molar-refractivity contribution in [2.75, 3.05) is 0 Å². The maximum atomic E-state index is 13.7. The molecule has 17 heavy (non-hydrogen) atoms. The largest absolute Gasteiger partial charge is 0.296 e. The van der Waals surface area contributed by atoms with Crippen molar-refractivity contribution in [3.8, 4) is 0 Å². The zero-order valence-electron chi connectivity index (χ0n) is 10.6. The minimum Gasteiger partial charge on any atom is -0.296 e. The van der Waals surface area contributed by atoms with E-state index in [1.807, 2.05) is 13.0 Å². The molecule has 1 aromatic rings. The van der Waals surface area contributed by atoms with Crippen LogP contribution in [0.1, 0.15) is 35.3 Å². The van der Waals surface area contributed by atoms with Crippen LogP contribution < -0.4 is 0 Å². The van der Waals surface area contributed by atoms with Gasteiger partial charge in [0.05, 0.1) is 0 Å². The predicted octanol–water partition coefficient (Wildman–Crippen LogP) is 3.05. The second kappa shape index (κ2) is 5.21. The van der Waals surface area contributed by atoms with Crippen LogP contribution in [0.4, 0.5) is 4.39 Å². The SMILES string of the molecule is Cc1ccc(C)c(C(=O)C(F)C(=O)C(C)C)c1. The average Bonchev–Trinajstić information content (AvgIpc) is 2.29. The Hall–Kier alpha value is -1.51. The fourth-order valence-corrected chi connectivity index (χ4v) is 1.56. The monoisotopic (exact) mass is 236 g/mol. The minimum atomic E-state index is -2.05. The third-order valence-electron chi connectivity index (χ3n) is 2.71. The topological polar surface area (TPSA) is 34.1 Å². The lowest BCUT2D eigenvalue weighted by Gasteiger charge is -2.11. The molecule has 1 unspecified atom stereocenters. The second-order valence-corrected chi connectivity index (χ2v) is 4.60. The van der Waals surface area contributed by atoms with Gasteiger partial charge in [-0.2, -0.15) is 0 Å². The molecule has 1 rings (SSSR count). The van der Waals surface area contributed by atoms with E-state index in [0.29, 0.717) is 11.1 Å². The molecule has 0 fully saturated rings. The minimum absolute atomic E-state index is 0.298. The van der Waals surface area contributed by atoms with Gasteiger partial charge in [-0.05, 0) is 25.5 Å². The number of hydrogen-bond acceptors (Lipinski definition) is 2. The fourth-order valence-electron chi connectivity index (χ4n) is 1.56. The first-order chi connectivity index (χ1) is 7.84. The van der Waals surface area contributed by atoms with Crippen LogP contribution in [0, 0.1) is 19.8 Å². The van der Waals surface area contributed by atoms with E-state index in [4.69, 9.17) is 0 Å². The first kappa shape index (κ1) is 13.6. The van der Waals surface area contributed by atoms with Crippen LogP contribution >= 0.6 is 0 Å². The van der Waals surface area contributed by atoms with Gasteiger partial charge < -0.3 is 0 Å². The number of hydrogen-bond donors (Lipinski definition) is 0. The van der Waals surface area contributed by atoms with Gasteiger partial charge in [-0.25, -0.2) is 4.39 Å². The van der Waals surface area contributed by atoms with E-state index in [1.165, 1.54) is 0 Å². The van der Waals surface area contributed by atoms with Gasteiger partial charge in [0.2, 0.25) is 12.0 Å². The van der Waals surface area contributed by atoms with Gasteiger partial charge in [0.15, 0.2) is 5.78 Å². The Kier molecular flexibility index (Phi) is 4.16. The summed E-state index contributed by atoms with van der Waals surface area (Å²) in [5.74, 6) is -1.86. The lowest BCUT2D eigenvalue weighted by atomic mass is 9.94. The summed E-state index contributed by atoms with van der Waals surface area (Å²) in [6.45, 7) is 6.74. The number of rotatable bonds is 4. The van der Waals surface area contributed by atoms with E-state index >= 15 is 0 Å². The molecule has 92 valence electrons. The molecule has 0 bridgehead atoms. The molecule has 0 spiro atoms. The van der Waals surface area contributed by atoms with Crippen LogP contribution in [-0.4, -0.2) is 17.7 Å². The number of alkyl halides is 1. The molecule has 0 radical (unpaired) electrons. The van der Waals surface area contributed by atoms with Crippen molar-refractivity contribution < 1.29 is 14.0 Å². The number of ketones is 2. The van der Waals surface area contributed by atoms with Crippen LogP contribution in [0.5, 0.6) is 0 Å². The number of benzene rings is 1. The summed E-state index contributed by atoms with van der Waals surface area (Å²) in [5, 5.41) is 0. The quantitative estimate of drug-likeness (QED) is 0.594. The number of Topliss-reactive ketones (excluding diaryl/α,β-unsaturated/α-hetero) is 2.